The summed E-state index contributed by atoms with van der Waals surface area (Å²) in [7, 11) is 0. The number of carboxylic acid groups (broad SMARTS) is 1. The number of fused-ring (bicyclic) bond motifs is 2. The minimum atomic E-state index is -1.02. The van der Waals surface area contributed by atoms with E-state index in [2.05, 4.69) is 0 Å². The summed E-state index contributed by atoms with van der Waals surface area (Å²) in [5.41, 5.74) is 5.10. The molecule has 4 aromatic rings. The summed E-state index contributed by atoms with van der Waals surface area (Å²) in [4.78, 5) is 43.2. The highest BCUT2D eigenvalue weighted by atomic mass is 16.4. The van der Waals surface area contributed by atoms with Gasteiger partial charge in [-0.05, 0) is 55.8 Å². The molecule has 1 aromatic heterocycles. The number of pyridine rings is 1. The summed E-state index contributed by atoms with van der Waals surface area (Å²) in [5.74, 6) is -1.74. The van der Waals surface area contributed by atoms with E-state index in [1.807, 2.05) is 26.0 Å². The number of hydrogen-bond acceptors (Lipinski definition) is 4. The van der Waals surface area contributed by atoms with Crippen LogP contribution in [0, 0.1) is 13.8 Å². The Hall–Kier alpha value is -4.32. The third-order valence-corrected chi connectivity index (χ3v) is 5.69. The molecule has 32 heavy (non-hydrogen) atoms. The van der Waals surface area contributed by atoms with Crippen LogP contribution in [0.3, 0.4) is 0 Å². The van der Waals surface area contributed by atoms with Gasteiger partial charge < -0.3 is 5.11 Å². The van der Waals surface area contributed by atoms with Crippen LogP contribution in [0.4, 0.5) is 5.69 Å². The van der Waals surface area contributed by atoms with Crippen molar-refractivity contribution in [2.24, 2.45) is 0 Å². The first-order chi connectivity index (χ1) is 15.3. The third-order valence-electron chi connectivity index (χ3n) is 5.69. The van der Waals surface area contributed by atoms with Gasteiger partial charge in [0.05, 0.1) is 33.6 Å². The Morgan fingerprint density at radius 3 is 2.09 bits per heavy atom. The lowest BCUT2D eigenvalue weighted by Gasteiger charge is -2.15. The third kappa shape index (κ3) is 2.96. The number of hydrogen-bond donors (Lipinski definition) is 1. The number of aromatic nitrogens is 1. The number of carbonyl (C=O) groups is 3. The maximum Gasteiger partial charge on any atom is 0.336 e. The summed E-state index contributed by atoms with van der Waals surface area (Å²) in [6.07, 6.45) is 0. The van der Waals surface area contributed by atoms with Crippen molar-refractivity contribution in [2.45, 2.75) is 13.8 Å². The van der Waals surface area contributed by atoms with Crippen LogP contribution < -0.4 is 4.90 Å². The number of amides is 2. The fraction of sp³-hybridized carbons (Fsp3) is 0.0769. The summed E-state index contributed by atoms with van der Waals surface area (Å²) in [5, 5.41) is 10.4. The molecule has 1 aliphatic heterocycles. The smallest absolute Gasteiger partial charge is 0.336 e. The Morgan fingerprint density at radius 1 is 0.875 bits per heavy atom. The zero-order valence-corrected chi connectivity index (χ0v) is 17.4. The van der Waals surface area contributed by atoms with Crippen molar-refractivity contribution in [1.82, 2.24) is 4.98 Å². The highest BCUT2D eigenvalue weighted by molar-refractivity contribution is 6.34. The van der Waals surface area contributed by atoms with E-state index in [-0.39, 0.29) is 17.4 Å². The van der Waals surface area contributed by atoms with Crippen molar-refractivity contribution >= 4 is 34.4 Å². The van der Waals surface area contributed by atoms with E-state index in [0.29, 0.717) is 39.0 Å². The molecule has 1 aliphatic rings. The maximum atomic E-state index is 12.7. The lowest BCUT2D eigenvalue weighted by molar-refractivity contribution is 0.0698. The number of aryl methyl sites for hydroxylation is 2. The second-order valence-corrected chi connectivity index (χ2v) is 7.88. The average Bonchev–Trinajstić information content (AvgIpc) is 3.03. The molecular formula is C26H18N2O4. The van der Waals surface area contributed by atoms with Crippen LogP contribution in [0.25, 0.3) is 22.2 Å². The zero-order chi connectivity index (χ0) is 22.6. The molecular weight excluding hydrogens is 404 g/mol. The number of anilines is 1. The Bertz CT molecular complexity index is 1420. The molecule has 2 heterocycles. The number of rotatable bonds is 3. The Labute approximate surface area is 183 Å². The highest BCUT2D eigenvalue weighted by Gasteiger charge is 2.36. The van der Waals surface area contributed by atoms with Gasteiger partial charge in [-0.15, -0.1) is 0 Å². The number of nitrogens with zero attached hydrogens (tertiary/aromatic N) is 2. The largest absolute Gasteiger partial charge is 0.478 e. The first-order valence-corrected chi connectivity index (χ1v) is 10.1. The lowest BCUT2D eigenvalue weighted by Crippen LogP contribution is -2.29. The van der Waals surface area contributed by atoms with Gasteiger partial charge in [-0.1, -0.05) is 35.9 Å². The van der Waals surface area contributed by atoms with E-state index in [1.165, 1.54) is 0 Å². The molecule has 0 spiro atoms. The van der Waals surface area contributed by atoms with Gasteiger partial charge in [-0.25, -0.2) is 14.7 Å². The van der Waals surface area contributed by atoms with Gasteiger partial charge in [0.25, 0.3) is 11.8 Å². The summed E-state index contributed by atoms with van der Waals surface area (Å²) < 4.78 is 0. The van der Waals surface area contributed by atoms with E-state index in [4.69, 9.17) is 4.98 Å². The van der Waals surface area contributed by atoms with Crippen LogP contribution >= 0.6 is 0 Å². The molecule has 0 fully saturated rings. The van der Waals surface area contributed by atoms with E-state index in [1.54, 1.807) is 54.6 Å². The second-order valence-electron chi connectivity index (χ2n) is 7.88. The highest BCUT2D eigenvalue weighted by Crippen LogP contribution is 2.32. The Morgan fingerprint density at radius 2 is 1.50 bits per heavy atom. The molecule has 1 N–H and O–H groups in total. The molecule has 0 saturated carbocycles. The average molecular weight is 422 g/mol. The number of carboxylic acids is 1. The van der Waals surface area contributed by atoms with Gasteiger partial charge in [0, 0.05) is 10.9 Å². The minimum absolute atomic E-state index is 0.182. The number of imide groups is 1. The van der Waals surface area contributed by atoms with Gasteiger partial charge in [-0.2, -0.15) is 0 Å². The van der Waals surface area contributed by atoms with Gasteiger partial charge in [0.2, 0.25) is 0 Å². The fourth-order valence-corrected chi connectivity index (χ4v) is 4.21. The predicted molar refractivity (Wildman–Crippen MR) is 121 cm³/mol. The quantitative estimate of drug-likeness (QED) is 0.469. The van der Waals surface area contributed by atoms with E-state index < -0.39 is 5.97 Å². The van der Waals surface area contributed by atoms with Crippen LogP contribution in [0.5, 0.6) is 0 Å². The fourth-order valence-electron chi connectivity index (χ4n) is 4.21. The molecule has 2 amide bonds. The molecule has 156 valence electrons. The van der Waals surface area contributed by atoms with Crippen LogP contribution in [0.1, 0.15) is 42.2 Å². The van der Waals surface area contributed by atoms with E-state index in [0.717, 1.165) is 16.0 Å². The molecule has 5 rings (SSSR count). The van der Waals surface area contributed by atoms with E-state index in [9.17, 15) is 19.5 Å². The minimum Gasteiger partial charge on any atom is -0.478 e. The molecule has 6 nitrogen and oxygen atoms in total. The number of carbonyl (C=O) groups excluding carboxylic acids is 2. The van der Waals surface area contributed by atoms with Gasteiger partial charge in [-0.3, -0.25) is 9.59 Å². The normalized spacial score (nSPS) is 13.0. The monoisotopic (exact) mass is 422 g/mol. The van der Waals surface area contributed by atoms with Crippen LogP contribution in [0.2, 0.25) is 0 Å². The first kappa shape index (κ1) is 19.6. The SMILES string of the molecule is Cc1cc(C)c2nc(-c3ccc(N4C(=O)c5ccccc5C4=O)cc3)cc(C(=O)O)c2c1. The van der Waals surface area contributed by atoms with Gasteiger partial charge in [0.1, 0.15) is 0 Å². The molecule has 0 unspecified atom stereocenters. The van der Waals surface area contributed by atoms with Crippen molar-refractivity contribution in [3.8, 4) is 11.3 Å². The van der Waals surface area contributed by atoms with Crippen LogP contribution in [0.15, 0.2) is 66.7 Å². The maximum absolute atomic E-state index is 12.7. The first-order valence-electron chi connectivity index (χ1n) is 10.1. The van der Waals surface area contributed by atoms with Crippen molar-refractivity contribution in [3.05, 3.63) is 94.5 Å². The zero-order valence-electron chi connectivity index (χ0n) is 17.4. The Balaban J connectivity index is 1.57. The molecule has 6 heteroatoms. The molecule has 0 atom stereocenters. The van der Waals surface area contributed by atoms with Crippen molar-refractivity contribution in [2.75, 3.05) is 4.90 Å². The molecule has 0 saturated heterocycles. The van der Waals surface area contributed by atoms with Gasteiger partial charge in [0.15, 0.2) is 0 Å². The van der Waals surface area contributed by atoms with Gasteiger partial charge >= 0.3 is 5.97 Å². The predicted octanol–water partition coefficient (Wildman–Crippen LogP) is 5.02. The topological polar surface area (TPSA) is 87.6 Å². The lowest BCUT2D eigenvalue weighted by atomic mass is 10.00. The summed E-state index contributed by atoms with van der Waals surface area (Å²) in [6, 6.07) is 18.9. The molecule has 0 aliphatic carbocycles. The van der Waals surface area contributed by atoms with Crippen molar-refractivity contribution in [3.63, 3.8) is 0 Å². The number of aromatic carboxylic acids is 1. The molecule has 0 bridgehead atoms. The second kappa shape index (κ2) is 7.13. The number of benzene rings is 3. The molecule has 0 radical (unpaired) electrons. The summed E-state index contributed by atoms with van der Waals surface area (Å²) >= 11 is 0. The van der Waals surface area contributed by atoms with Crippen LogP contribution in [-0.2, 0) is 0 Å². The molecule has 3 aromatic carbocycles. The Kier molecular flexibility index (Phi) is 4.37. The van der Waals surface area contributed by atoms with E-state index >= 15 is 0 Å². The van der Waals surface area contributed by atoms with Crippen molar-refractivity contribution < 1.29 is 19.5 Å². The van der Waals surface area contributed by atoms with Crippen molar-refractivity contribution in [1.29, 1.82) is 0 Å². The standard InChI is InChI=1S/C26H18N2O4/c1-14-11-15(2)23-20(12-14)21(26(31)32)13-22(27-23)16-7-9-17(10-8-16)28-24(29)18-5-3-4-6-19(18)25(28)30/h3-13H,1-2H3,(H,31,32). The summed E-state index contributed by atoms with van der Waals surface area (Å²) in [6.45, 7) is 3.83. The van der Waals surface area contributed by atoms with Crippen LogP contribution in [-0.4, -0.2) is 27.9 Å².